The first kappa shape index (κ1) is 11.6. The Kier molecular flexibility index (Phi) is 3.13. The van der Waals surface area contributed by atoms with Gasteiger partial charge in [-0.3, -0.25) is 9.59 Å². The van der Waals surface area contributed by atoms with Crippen LogP contribution in [-0.4, -0.2) is 18.5 Å². The average Bonchev–Trinajstić information content (AvgIpc) is 2.71. The van der Waals surface area contributed by atoms with E-state index in [-0.39, 0.29) is 18.5 Å². The number of cyclic esters (lactones) is 1. The van der Waals surface area contributed by atoms with E-state index < -0.39 is 5.60 Å². The standard InChI is InChI=1S/C13H14O4/c1-10(14)16-9-13(8-7-12(15)17-13)11-5-3-2-4-6-11/h2-6H,7-9H2,1H3. The van der Waals surface area contributed by atoms with E-state index in [1.807, 2.05) is 30.3 Å². The summed E-state index contributed by atoms with van der Waals surface area (Å²) in [6.45, 7) is 1.42. The molecule has 0 radical (unpaired) electrons. The van der Waals surface area contributed by atoms with Crippen molar-refractivity contribution in [1.82, 2.24) is 0 Å². The van der Waals surface area contributed by atoms with Gasteiger partial charge in [0.2, 0.25) is 0 Å². The molecule has 1 aliphatic rings. The SMILES string of the molecule is CC(=O)OCC1(c2ccccc2)CCC(=O)O1. The van der Waals surface area contributed by atoms with Crippen LogP contribution in [0.1, 0.15) is 25.3 Å². The lowest BCUT2D eigenvalue weighted by atomic mass is 9.92. The van der Waals surface area contributed by atoms with Gasteiger partial charge in [-0.2, -0.15) is 0 Å². The highest BCUT2D eigenvalue weighted by molar-refractivity contribution is 5.73. The van der Waals surface area contributed by atoms with E-state index in [1.54, 1.807) is 0 Å². The van der Waals surface area contributed by atoms with E-state index >= 15 is 0 Å². The molecule has 0 N–H and O–H groups in total. The van der Waals surface area contributed by atoms with E-state index in [0.717, 1.165) is 5.56 Å². The number of rotatable bonds is 3. The molecule has 4 nitrogen and oxygen atoms in total. The molecule has 1 aliphatic heterocycles. The van der Waals surface area contributed by atoms with Gasteiger partial charge in [-0.25, -0.2) is 0 Å². The maximum atomic E-state index is 11.3. The number of carbonyl (C=O) groups excluding carboxylic acids is 2. The molecular formula is C13H14O4. The largest absolute Gasteiger partial charge is 0.461 e. The lowest BCUT2D eigenvalue weighted by molar-refractivity contribution is -0.162. The molecule has 0 saturated carbocycles. The summed E-state index contributed by atoms with van der Waals surface area (Å²) < 4.78 is 10.4. The van der Waals surface area contributed by atoms with Gasteiger partial charge in [0.1, 0.15) is 6.61 Å². The maximum absolute atomic E-state index is 11.3. The zero-order valence-corrected chi connectivity index (χ0v) is 9.64. The van der Waals surface area contributed by atoms with Crippen molar-refractivity contribution in [3.8, 4) is 0 Å². The summed E-state index contributed by atoms with van der Waals surface area (Å²) in [5.74, 6) is -0.621. The van der Waals surface area contributed by atoms with Gasteiger partial charge < -0.3 is 9.47 Å². The molecule has 1 heterocycles. The average molecular weight is 234 g/mol. The Morgan fingerprint density at radius 1 is 1.41 bits per heavy atom. The van der Waals surface area contributed by atoms with Gasteiger partial charge in [0.25, 0.3) is 0 Å². The van der Waals surface area contributed by atoms with Crippen molar-refractivity contribution in [2.75, 3.05) is 6.61 Å². The highest BCUT2D eigenvalue weighted by Gasteiger charge is 2.43. The topological polar surface area (TPSA) is 52.6 Å². The molecule has 1 atom stereocenters. The summed E-state index contributed by atoms with van der Waals surface area (Å²) in [7, 11) is 0. The fourth-order valence-corrected chi connectivity index (χ4v) is 1.97. The van der Waals surface area contributed by atoms with E-state index in [9.17, 15) is 9.59 Å². The van der Waals surface area contributed by atoms with Crippen molar-refractivity contribution in [3.63, 3.8) is 0 Å². The molecule has 0 aromatic heterocycles. The summed E-state index contributed by atoms with van der Waals surface area (Å²) in [5, 5.41) is 0. The molecule has 0 aliphatic carbocycles. The van der Waals surface area contributed by atoms with Gasteiger partial charge in [0.15, 0.2) is 5.60 Å². The highest BCUT2D eigenvalue weighted by Crippen LogP contribution is 2.37. The first-order valence-corrected chi connectivity index (χ1v) is 5.53. The minimum atomic E-state index is -0.802. The predicted molar refractivity (Wildman–Crippen MR) is 60.1 cm³/mol. The minimum Gasteiger partial charge on any atom is -0.461 e. The summed E-state index contributed by atoms with van der Waals surface area (Å²) in [5.41, 5.74) is 0.0661. The molecule has 1 aromatic carbocycles. The Balaban J connectivity index is 2.25. The van der Waals surface area contributed by atoms with E-state index in [1.165, 1.54) is 6.92 Å². The Morgan fingerprint density at radius 2 is 2.12 bits per heavy atom. The van der Waals surface area contributed by atoms with Crippen LogP contribution in [0.4, 0.5) is 0 Å². The molecule has 1 fully saturated rings. The van der Waals surface area contributed by atoms with Crippen LogP contribution in [0.25, 0.3) is 0 Å². The first-order chi connectivity index (χ1) is 8.12. The smallest absolute Gasteiger partial charge is 0.306 e. The molecule has 2 rings (SSSR count). The lowest BCUT2D eigenvalue weighted by Gasteiger charge is -2.27. The number of carbonyl (C=O) groups is 2. The fourth-order valence-electron chi connectivity index (χ4n) is 1.97. The van der Waals surface area contributed by atoms with Gasteiger partial charge in [0.05, 0.1) is 0 Å². The third kappa shape index (κ3) is 2.46. The van der Waals surface area contributed by atoms with Crippen molar-refractivity contribution in [2.24, 2.45) is 0 Å². The number of hydrogen-bond acceptors (Lipinski definition) is 4. The van der Waals surface area contributed by atoms with Crippen molar-refractivity contribution in [1.29, 1.82) is 0 Å². The van der Waals surface area contributed by atoms with Crippen LogP contribution in [0.2, 0.25) is 0 Å². The number of hydrogen-bond donors (Lipinski definition) is 0. The fraction of sp³-hybridized carbons (Fsp3) is 0.385. The molecule has 90 valence electrons. The second-order valence-corrected chi connectivity index (χ2v) is 4.11. The highest BCUT2D eigenvalue weighted by atomic mass is 16.6. The summed E-state index contributed by atoms with van der Waals surface area (Å²) in [4.78, 5) is 22.2. The van der Waals surface area contributed by atoms with Gasteiger partial charge in [0, 0.05) is 19.8 Å². The van der Waals surface area contributed by atoms with Gasteiger partial charge in [-0.05, 0) is 5.56 Å². The van der Waals surface area contributed by atoms with Crippen LogP contribution in [0, 0.1) is 0 Å². The van der Waals surface area contributed by atoms with E-state index in [0.29, 0.717) is 12.8 Å². The van der Waals surface area contributed by atoms with Crippen LogP contribution in [0.5, 0.6) is 0 Å². The normalized spacial score (nSPS) is 23.2. The van der Waals surface area contributed by atoms with Gasteiger partial charge in [-0.1, -0.05) is 30.3 Å². The van der Waals surface area contributed by atoms with Crippen molar-refractivity contribution < 1.29 is 19.1 Å². The lowest BCUT2D eigenvalue weighted by Crippen LogP contribution is -2.32. The molecule has 0 bridgehead atoms. The third-order valence-corrected chi connectivity index (χ3v) is 2.85. The number of ether oxygens (including phenoxy) is 2. The van der Waals surface area contributed by atoms with Crippen LogP contribution >= 0.6 is 0 Å². The third-order valence-electron chi connectivity index (χ3n) is 2.85. The summed E-state index contributed by atoms with van der Waals surface area (Å²) >= 11 is 0. The van der Waals surface area contributed by atoms with Crippen molar-refractivity contribution in [2.45, 2.75) is 25.4 Å². The number of esters is 2. The van der Waals surface area contributed by atoms with Crippen LogP contribution in [0.15, 0.2) is 30.3 Å². The van der Waals surface area contributed by atoms with Crippen LogP contribution in [-0.2, 0) is 24.7 Å². The Hall–Kier alpha value is -1.84. The molecule has 17 heavy (non-hydrogen) atoms. The van der Waals surface area contributed by atoms with E-state index in [2.05, 4.69) is 0 Å². The molecule has 4 heteroatoms. The Bertz CT molecular complexity index is 426. The zero-order chi connectivity index (χ0) is 12.3. The summed E-state index contributed by atoms with van der Waals surface area (Å²) in [6.07, 6.45) is 0.902. The Labute approximate surface area is 99.5 Å². The monoisotopic (exact) mass is 234 g/mol. The van der Waals surface area contributed by atoms with E-state index in [4.69, 9.17) is 9.47 Å². The van der Waals surface area contributed by atoms with Crippen LogP contribution in [0.3, 0.4) is 0 Å². The predicted octanol–water partition coefficient (Wildman–Crippen LogP) is 1.78. The van der Waals surface area contributed by atoms with Crippen molar-refractivity contribution in [3.05, 3.63) is 35.9 Å². The molecule has 1 unspecified atom stereocenters. The van der Waals surface area contributed by atoms with Gasteiger partial charge >= 0.3 is 11.9 Å². The molecule has 1 aromatic rings. The second-order valence-electron chi connectivity index (χ2n) is 4.11. The minimum absolute atomic E-state index is 0.0814. The first-order valence-electron chi connectivity index (χ1n) is 5.53. The molecule has 0 spiro atoms. The number of benzene rings is 1. The van der Waals surface area contributed by atoms with Gasteiger partial charge in [-0.15, -0.1) is 0 Å². The molecular weight excluding hydrogens is 220 g/mol. The summed E-state index contributed by atoms with van der Waals surface area (Å²) in [6, 6.07) is 9.39. The molecule has 0 amide bonds. The van der Waals surface area contributed by atoms with Crippen LogP contribution < -0.4 is 0 Å². The Morgan fingerprint density at radius 3 is 2.65 bits per heavy atom. The maximum Gasteiger partial charge on any atom is 0.306 e. The zero-order valence-electron chi connectivity index (χ0n) is 9.64. The van der Waals surface area contributed by atoms with Crippen molar-refractivity contribution >= 4 is 11.9 Å². The second kappa shape index (κ2) is 4.57. The quantitative estimate of drug-likeness (QED) is 0.748. The molecule has 1 saturated heterocycles.